The van der Waals surface area contributed by atoms with Crippen molar-refractivity contribution < 1.29 is 9.59 Å². The number of ketones is 1. The quantitative estimate of drug-likeness (QED) is 0.612. The summed E-state index contributed by atoms with van der Waals surface area (Å²) in [6.45, 7) is 1.54. The highest BCUT2D eigenvalue weighted by atomic mass is 79.9. The molecule has 4 rings (SSSR count). The van der Waals surface area contributed by atoms with Crippen molar-refractivity contribution in [1.82, 2.24) is 5.32 Å². The van der Waals surface area contributed by atoms with Crippen molar-refractivity contribution in [2.24, 2.45) is 5.41 Å². The van der Waals surface area contributed by atoms with Crippen LogP contribution in [-0.4, -0.2) is 24.8 Å². The number of amides is 1. The van der Waals surface area contributed by atoms with Gasteiger partial charge in [0.25, 0.3) is 0 Å². The maximum atomic E-state index is 13.4. The van der Waals surface area contributed by atoms with E-state index in [9.17, 15) is 9.59 Å². The molecule has 1 saturated heterocycles. The minimum Gasteiger partial charge on any atom is -0.325 e. The van der Waals surface area contributed by atoms with Crippen molar-refractivity contribution in [2.75, 3.05) is 18.4 Å². The number of nitrogens with one attached hydrogen (secondary N) is 2. The number of benzene rings is 2. The molecular formula is C20H19BrN2O2. The lowest BCUT2D eigenvalue weighted by atomic mass is 9.74. The second-order valence-corrected chi connectivity index (χ2v) is 7.77. The van der Waals surface area contributed by atoms with Gasteiger partial charge in [-0.15, -0.1) is 0 Å². The third kappa shape index (κ3) is 2.92. The first-order chi connectivity index (χ1) is 12.1. The zero-order chi connectivity index (χ0) is 17.4. The van der Waals surface area contributed by atoms with Gasteiger partial charge in [-0.2, -0.15) is 0 Å². The van der Waals surface area contributed by atoms with Crippen LogP contribution in [0.2, 0.25) is 0 Å². The molecule has 0 saturated carbocycles. The highest BCUT2D eigenvalue weighted by Crippen LogP contribution is 2.39. The Morgan fingerprint density at radius 2 is 2.00 bits per heavy atom. The molecule has 2 aromatic carbocycles. The number of Topliss-reactive ketones (excluding diaryl/α,β-unsaturated/α-hetero) is 1. The molecule has 2 heterocycles. The standard InChI is InChI=1S/C20H19BrN2O2/c21-17-15-10-14(6-7-16(15)23-19(17)25)18(24)20(8-9-22-12-20)11-13-4-2-1-3-5-13/h1-7,10,17,22H,8-9,11-12H2,(H,23,25). The first-order valence-electron chi connectivity index (χ1n) is 8.47. The van der Waals surface area contributed by atoms with Gasteiger partial charge in [-0.25, -0.2) is 0 Å². The molecule has 1 amide bonds. The van der Waals surface area contributed by atoms with E-state index in [4.69, 9.17) is 0 Å². The van der Waals surface area contributed by atoms with Gasteiger partial charge in [0.05, 0.1) is 5.41 Å². The molecule has 0 bridgehead atoms. The van der Waals surface area contributed by atoms with Crippen molar-refractivity contribution in [3.05, 3.63) is 65.2 Å². The van der Waals surface area contributed by atoms with E-state index in [2.05, 4.69) is 38.7 Å². The van der Waals surface area contributed by atoms with E-state index in [1.54, 1.807) is 0 Å². The summed E-state index contributed by atoms with van der Waals surface area (Å²) in [6.07, 6.45) is 1.55. The molecule has 5 heteroatoms. The minimum absolute atomic E-state index is 0.0823. The minimum atomic E-state index is -0.423. The monoisotopic (exact) mass is 398 g/mol. The number of carbonyl (C=O) groups is 2. The SMILES string of the molecule is O=C1Nc2ccc(C(=O)C3(Cc4ccccc4)CCNC3)cc2C1Br. The summed E-state index contributed by atoms with van der Waals surface area (Å²) < 4.78 is 0. The zero-order valence-electron chi connectivity index (χ0n) is 13.7. The van der Waals surface area contributed by atoms with Crippen molar-refractivity contribution >= 4 is 33.3 Å². The summed E-state index contributed by atoms with van der Waals surface area (Å²) in [6, 6.07) is 15.7. The molecule has 0 radical (unpaired) electrons. The van der Waals surface area contributed by atoms with Crippen LogP contribution in [0.5, 0.6) is 0 Å². The highest BCUT2D eigenvalue weighted by molar-refractivity contribution is 9.09. The topological polar surface area (TPSA) is 58.2 Å². The molecule has 2 atom stereocenters. The summed E-state index contributed by atoms with van der Waals surface area (Å²) in [5.74, 6) is 0.0735. The van der Waals surface area contributed by atoms with Gasteiger partial charge in [-0.05, 0) is 48.7 Å². The molecule has 0 aromatic heterocycles. The fourth-order valence-corrected chi connectivity index (χ4v) is 4.32. The Labute approximate surface area is 155 Å². The maximum Gasteiger partial charge on any atom is 0.242 e. The van der Waals surface area contributed by atoms with Crippen LogP contribution in [0, 0.1) is 5.41 Å². The third-order valence-corrected chi connectivity index (χ3v) is 6.09. The average molecular weight is 399 g/mol. The number of rotatable bonds is 4. The maximum absolute atomic E-state index is 13.4. The molecule has 2 aromatic rings. The van der Waals surface area contributed by atoms with E-state index in [1.807, 2.05) is 36.4 Å². The van der Waals surface area contributed by atoms with Crippen LogP contribution < -0.4 is 10.6 Å². The molecule has 2 aliphatic heterocycles. The Bertz CT molecular complexity index is 829. The molecule has 0 aliphatic carbocycles. The molecular weight excluding hydrogens is 380 g/mol. The Balaban J connectivity index is 1.67. The number of carbonyl (C=O) groups excluding carboxylic acids is 2. The zero-order valence-corrected chi connectivity index (χ0v) is 15.3. The predicted octanol–water partition coefficient (Wildman–Crippen LogP) is 3.48. The van der Waals surface area contributed by atoms with Gasteiger partial charge in [-0.3, -0.25) is 9.59 Å². The van der Waals surface area contributed by atoms with E-state index in [1.165, 1.54) is 5.56 Å². The fraction of sp³-hybridized carbons (Fsp3) is 0.300. The van der Waals surface area contributed by atoms with Crippen molar-refractivity contribution in [2.45, 2.75) is 17.7 Å². The second kappa shape index (κ2) is 6.39. The molecule has 2 unspecified atom stereocenters. The molecule has 25 heavy (non-hydrogen) atoms. The lowest BCUT2D eigenvalue weighted by Gasteiger charge is -2.27. The van der Waals surface area contributed by atoms with E-state index in [0.29, 0.717) is 12.1 Å². The lowest BCUT2D eigenvalue weighted by molar-refractivity contribution is -0.115. The van der Waals surface area contributed by atoms with E-state index in [0.717, 1.165) is 30.6 Å². The second-order valence-electron chi connectivity index (χ2n) is 6.85. The van der Waals surface area contributed by atoms with E-state index < -0.39 is 5.41 Å². The fourth-order valence-electron chi connectivity index (χ4n) is 3.83. The average Bonchev–Trinajstić information content (AvgIpc) is 3.21. The van der Waals surface area contributed by atoms with Gasteiger partial charge >= 0.3 is 0 Å². The number of fused-ring (bicyclic) bond motifs is 1. The van der Waals surface area contributed by atoms with Crippen LogP contribution in [0.1, 0.15) is 32.7 Å². The molecule has 128 valence electrons. The van der Waals surface area contributed by atoms with Crippen LogP contribution in [0.4, 0.5) is 5.69 Å². The Morgan fingerprint density at radius 3 is 2.72 bits per heavy atom. The van der Waals surface area contributed by atoms with E-state index >= 15 is 0 Å². The summed E-state index contributed by atoms with van der Waals surface area (Å²) in [5, 5.41) is 6.18. The Morgan fingerprint density at radius 1 is 1.20 bits per heavy atom. The first-order valence-corrected chi connectivity index (χ1v) is 9.39. The van der Waals surface area contributed by atoms with Gasteiger partial charge in [0.2, 0.25) is 5.91 Å². The molecule has 4 nitrogen and oxygen atoms in total. The number of hydrogen-bond donors (Lipinski definition) is 2. The summed E-state index contributed by atoms with van der Waals surface area (Å²) in [7, 11) is 0. The van der Waals surface area contributed by atoms with E-state index in [-0.39, 0.29) is 16.5 Å². The Kier molecular flexibility index (Phi) is 4.21. The van der Waals surface area contributed by atoms with Crippen LogP contribution in [0.15, 0.2) is 48.5 Å². The first kappa shape index (κ1) is 16.5. The van der Waals surface area contributed by atoms with Gasteiger partial charge < -0.3 is 10.6 Å². The van der Waals surface area contributed by atoms with Crippen molar-refractivity contribution in [1.29, 1.82) is 0 Å². The third-order valence-electron chi connectivity index (χ3n) is 5.19. The van der Waals surface area contributed by atoms with Crippen LogP contribution >= 0.6 is 15.9 Å². The molecule has 1 fully saturated rings. The van der Waals surface area contributed by atoms with Crippen LogP contribution in [-0.2, 0) is 11.2 Å². The van der Waals surface area contributed by atoms with Crippen molar-refractivity contribution in [3.63, 3.8) is 0 Å². The highest BCUT2D eigenvalue weighted by Gasteiger charge is 2.42. The van der Waals surface area contributed by atoms with Gasteiger partial charge in [0.15, 0.2) is 5.78 Å². The van der Waals surface area contributed by atoms with Gasteiger partial charge in [0.1, 0.15) is 4.83 Å². The van der Waals surface area contributed by atoms with Gasteiger partial charge in [0, 0.05) is 17.8 Å². The molecule has 2 aliphatic rings. The summed E-state index contributed by atoms with van der Waals surface area (Å²) >= 11 is 3.40. The summed E-state index contributed by atoms with van der Waals surface area (Å²) in [5.41, 5.74) is 3.06. The summed E-state index contributed by atoms with van der Waals surface area (Å²) in [4.78, 5) is 24.8. The number of alkyl halides is 1. The normalized spacial score (nSPS) is 24.8. The smallest absolute Gasteiger partial charge is 0.242 e. The van der Waals surface area contributed by atoms with Crippen LogP contribution in [0.3, 0.4) is 0 Å². The molecule has 0 spiro atoms. The number of hydrogen-bond acceptors (Lipinski definition) is 3. The lowest BCUT2D eigenvalue weighted by Crippen LogP contribution is -2.36. The molecule has 2 N–H and O–H groups in total. The van der Waals surface area contributed by atoms with Gasteiger partial charge in [-0.1, -0.05) is 46.3 Å². The largest absolute Gasteiger partial charge is 0.325 e. The number of halogens is 1. The van der Waals surface area contributed by atoms with Crippen LogP contribution in [0.25, 0.3) is 0 Å². The predicted molar refractivity (Wildman–Crippen MR) is 101 cm³/mol. The number of anilines is 1. The van der Waals surface area contributed by atoms with Crippen molar-refractivity contribution in [3.8, 4) is 0 Å². The Hall–Kier alpha value is -1.98.